The Kier molecular flexibility index (Phi) is 6.74. The Hall–Kier alpha value is -2.22. The monoisotopic (exact) mass is 454 g/mol. The largest absolute Gasteiger partial charge is 0.452 e. The molecule has 2 heterocycles. The van der Waals surface area contributed by atoms with E-state index in [1.54, 1.807) is 28.4 Å². The standard InChI is InChI=1S/C24H26N2O3S2/c1-2-13-30-15-24(14-26-21(27)19(25)22(26)31-16-24)23(28)29-20(17-9-5-3-6-10-17)18-11-7-4-8-12-18/h2-12,19-20,22H,1,13-16,25H2/t19?,22-,24?/m1/s1. The maximum absolute atomic E-state index is 13.7. The topological polar surface area (TPSA) is 72.6 Å². The Labute approximate surface area is 191 Å². The second kappa shape index (κ2) is 9.51. The molecule has 2 N–H and O–H groups in total. The molecule has 31 heavy (non-hydrogen) atoms. The smallest absolute Gasteiger partial charge is 0.316 e. The van der Waals surface area contributed by atoms with Gasteiger partial charge in [0, 0.05) is 23.8 Å². The number of carbonyl (C=O) groups excluding carboxylic acids is 2. The van der Waals surface area contributed by atoms with Crippen LogP contribution in [0.3, 0.4) is 0 Å². The predicted molar refractivity (Wildman–Crippen MR) is 127 cm³/mol. The predicted octanol–water partition coefficient (Wildman–Crippen LogP) is 3.47. The molecule has 2 aliphatic heterocycles. The maximum Gasteiger partial charge on any atom is 0.316 e. The summed E-state index contributed by atoms with van der Waals surface area (Å²) in [6.45, 7) is 4.12. The van der Waals surface area contributed by atoms with Gasteiger partial charge in [0.15, 0.2) is 6.10 Å². The van der Waals surface area contributed by atoms with Crippen LogP contribution in [-0.2, 0) is 14.3 Å². The Bertz CT molecular complexity index is 901. The van der Waals surface area contributed by atoms with Crippen molar-refractivity contribution in [2.75, 3.05) is 23.8 Å². The molecule has 0 radical (unpaired) electrons. The summed E-state index contributed by atoms with van der Waals surface area (Å²) in [6.07, 6.45) is 1.32. The number of fused-ring (bicyclic) bond motifs is 1. The van der Waals surface area contributed by atoms with Gasteiger partial charge in [0.2, 0.25) is 5.91 Å². The Morgan fingerprint density at radius 1 is 1.23 bits per heavy atom. The average Bonchev–Trinajstić information content (AvgIpc) is 2.83. The molecule has 3 atom stereocenters. The van der Waals surface area contributed by atoms with Gasteiger partial charge in [-0.25, -0.2) is 0 Å². The molecule has 5 nitrogen and oxygen atoms in total. The fourth-order valence-corrected chi connectivity index (χ4v) is 6.55. The van der Waals surface area contributed by atoms with Crippen molar-refractivity contribution < 1.29 is 14.3 Å². The van der Waals surface area contributed by atoms with E-state index >= 15 is 0 Å². The SMILES string of the molecule is C=CCSCC1(C(=O)OC(c2ccccc2)c2ccccc2)CS[C@@H]2C(N)C(=O)N2C1. The molecule has 0 bridgehead atoms. The Morgan fingerprint density at radius 3 is 2.42 bits per heavy atom. The lowest BCUT2D eigenvalue weighted by atomic mass is 9.89. The molecule has 162 valence electrons. The zero-order valence-electron chi connectivity index (χ0n) is 17.2. The number of thioether (sulfide) groups is 2. The molecule has 2 unspecified atom stereocenters. The second-order valence-corrected chi connectivity index (χ2v) is 10.0. The van der Waals surface area contributed by atoms with Gasteiger partial charge in [-0.05, 0) is 11.1 Å². The molecule has 2 aliphatic rings. The molecule has 0 aromatic heterocycles. The Balaban J connectivity index is 1.61. The number of rotatable bonds is 8. The number of hydrogen-bond acceptors (Lipinski definition) is 6. The minimum absolute atomic E-state index is 0.0446. The summed E-state index contributed by atoms with van der Waals surface area (Å²) >= 11 is 3.21. The van der Waals surface area contributed by atoms with Gasteiger partial charge in [-0.3, -0.25) is 9.59 Å². The number of benzene rings is 2. The molecule has 1 amide bonds. The van der Waals surface area contributed by atoms with E-state index in [0.717, 1.165) is 16.9 Å². The van der Waals surface area contributed by atoms with E-state index in [2.05, 4.69) is 6.58 Å². The minimum Gasteiger partial charge on any atom is -0.452 e. The van der Waals surface area contributed by atoms with Crippen molar-refractivity contribution in [3.05, 3.63) is 84.4 Å². The van der Waals surface area contributed by atoms with Gasteiger partial charge in [0.05, 0.1) is 0 Å². The van der Waals surface area contributed by atoms with Gasteiger partial charge in [-0.2, -0.15) is 11.8 Å². The third kappa shape index (κ3) is 4.40. The van der Waals surface area contributed by atoms with E-state index in [0.29, 0.717) is 18.1 Å². The van der Waals surface area contributed by atoms with Crippen LogP contribution in [0, 0.1) is 5.41 Å². The maximum atomic E-state index is 13.7. The first-order chi connectivity index (χ1) is 15.1. The van der Waals surface area contributed by atoms with E-state index < -0.39 is 17.6 Å². The first kappa shape index (κ1) is 22.0. The summed E-state index contributed by atoms with van der Waals surface area (Å²) in [5, 5.41) is -0.0446. The van der Waals surface area contributed by atoms with Crippen LogP contribution in [0.25, 0.3) is 0 Å². The molecule has 2 aromatic rings. The van der Waals surface area contributed by atoms with Crippen LogP contribution in [0.5, 0.6) is 0 Å². The number of hydrogen-bond donors (Lipinski definition) is 1. The van der Waals surface area contributed by atoms with E-state index in [4.69, 9.17) is 10.5 Å². The summed E-state index contributed by atoms with van der Waals surface area (Å²) in [5.41, 5.74) is 7.00. The van der Waals surface area contributed by atoms with Crippen molar-refractivity contribution in [2.24, 2.45) is 11.1 Å². The number of nitrogens with zero attached hydrogens (tertiary/aromatic N) is 1. The van der Waals surface area contributed by atoms with Crippen LogP contribution >= 0.6 is 23.5 Å². The summed E-state index contributed by atoms with van der Waals surface area (Å²) < 4.78 is 6.21. The molecule has 4 rings (SSSR count). The van der Waals surface area contributed by atoms with Crippen molar-refractivity contribution >= 4 is 35.4 Å². The fourth-order valence-electron chi connectivity index (χ4n) is 3.95. The quantitative estimate of drug-likeness (QED) is 0.285. The van der Waals surface area contributed by atoms with Crippen LogP contribution in [0.1, 0.15) is 17.2 Å². The van der Waals surface area contributed by atoms with Gasteiger partial charge < -0.3 is 15.4 Å². The zero-order chi connectivity index (χ0) is 21.8. The van der Waals surface area contributed by atoms with Gasteiger partial charge >= 0.3 is 5.97 Å². The van der Waals surface area contributed by atoms with Crippen molar-refractivity contribution in [3.8, 4) is 0 Å². The lowest BCUT2D eigenvalue weighted by Crippen LogP contribution is -2.72. The number of amides is 1. The highest BCUT2D eigenvalue weighted by atomic mass is 32.2. The van der Waals surface area contributed by atoms with E-state index in [9.17, 15) is 9.59 Å². The first-order valence-electron chi connectivity index (χ1n) is 10.2. The van der Waals surface area contributed by atoms with Crippen molar-refractivity contribution in [1.29, 1.82) is 0 Å². The lowest BCUT2D eigenvalue weighted by molar-refractivity contribution is -0.163. The Morgan fingerprint density at radius 2 is 1.84 bits per heavy atom. The molecule has 0 aliphatic carbocycles. The highest BCUT2D eigenvalue weighted by Crippen LogP contribution is 2.44. The van der Waals surface area contributed by atoms with E-state index in [1.807, 2.05) is 66.7 Å². The third-order valence-electron chi connectivity index (χ3n) is 5.66. The number of esters is 1. The third-order valence-corrected chi connectivity index (χ3v) is 8.50. The fraction of sp³-hybridized carbons (Fsp3) is 0.333. The van der Waals surface area contributed by atoms with Gasteiger partial charge in [0.25, 0.3) is 0 Å². The second-order valence-electron chi connectivity index (χ2n) is 7.88. The number of ether oxygens (including phenoxy) is 1. The van der Waals surface area contributed by atoms with Crippen molar-refractivity contribution in [1.82, 2.24) is 4.90 Å². The van der Waals surface area contributed by atoms with Gasteiger partial charge in [-0.15, -0.1) is 18.3 Å². The highest BCUT2D eigenvalue weighted by Gasteiger charge is 2.56. The summed E-state index contributed by atoms with van der Waals surface area (Å²) in [5.74, 6) is 1.50. The number of nitrogens with two attached hydrogens (primary N) is 1. The molecule has 0 saturated carbocycles. The lowest BCUT2D eigenvalue weighted by Gasteiger charge is -2.53. The van der Waals surface area contributed by atoms with Crippen molar-refractivity contribution in [2.45, 2.75) is 17.5 Å². The molecule has 0 spiro atoms. The van der Waals surface area contributed by atoms with Crippen LogP contribution in [-0.4, -0.2) is 52.0 Å². The number of carbonyl (C=O) groups is 2. The van der Waals surface area contributed by atoms with Crippen LogP contribution < -0.4 is 5.73 Å². The molecule has 2 fully saturated rings. The zero-order valence-corrected chi connectivity index (χ0v) is 18.8. The number of β-lactam (4-membered cyclic amide) rings is 1. The van der Waals surface area contributed by atoms with Gasteiger partial charge in [-0.1, -0.05) is 66.7 Å². The van der Waals surface area contributed by atoms with Crippen LogP contribution in [0.4, 0.5) is 0 Å². The van der Waals surface area contributed by atoms with E-state index in [-0.39, 0.29) is 17.3 Å². The normalized spacial score (nSPS) is 25.0. The average molecular weight is 455 g/mol. The molecular weight excluding hydrogens is 428 g/mol. The van der Waals surface area contributed by atoms with Gasteiger partial charge in [0.1, 0.15) is 16.8 Å². The summed E-state index contributed by atoms with van der Waals surface area (Å²) in [4.78, 5) is 27.7. The summed E-state index contributed by atoms with van der Waals surface area (Å²) in [6, 6.07) is 19.0. The van der Waals surface area contributed by atoms with Crippen molar-refractivity contribution in [3.63, 3.8) is 0 Å². The summed E-state index contributed by atoms with van der Waals surface area (Å²) in [7, 11) is 0. The minimum atomic E-state index is -0.785. The molecule has 2 aromatic carbocycles. The van der Waals surface area contributed by atoms with E-state index in [1.165, 1.54) is 0 Å². The molecular formula is C24H26N2O3S2. The molecule has 7 heteroatoms. The first-order valence-corrected chi connectivity index (χ1v) is 12.4. The highest BCUT2D eigenvalue weighted by molar-refractivity contribution is 8.00. The molecule has 2 saturated heterocycles. The van der Waals surface area contributed by atoms with Crippen LogP contribution in [0.15, 0.2) is 73.3 Å². The van der Waals surface area contributed by atoms with Crippen LogP contribution in [0.2, 0.25) is 0 Å².